The Morgan fingerprint density at radius 1 is 0.157 bits per heavy atom. The summed E-state index contributed by atoms with van der Waals surface area (Å²) in [5, 5.41) is 0. The average molecular weight is 1750 g/mol. The molecule has 0 amide bonds. The summed E-state index contributed by atoms with van der Waals surface area (Å²) in [6.45, 7) is 0. The van der Waals surface area contributed by atoms with Gasteiger partial charge in [0.15, 0.2) is 0 Å². The van der Waals surface area contributed by atoms with E-state index < -0.39 is 68.5 Å². The zero-order valence-corrected chi connectivity index (χ0v) is 76.3. The minimum atomic E-state index is -3.68. The Hall–Kier alpha value is -2.50. The number of rotatable bonds is 40. The largest absolute Gasteiger partial charge is 0.415 e. The highest BCUT2D eigenvalue weighted by molar-refractivity contribution is 7.13. The van der Waals surface area contributed by atoms with Crippen molar-refractivity contribution in [1.82, 2.24) is 0 Å². The molecule has 0 saturated carbocycles. The fraction of sp³-hybridized carbons (Fsp3) is 0.429. The Bertz CT molecular complexity index is 3260. The van der Waals surface area contributed by atoms with Crippen molar-refractivity contribution in [1.29, 1.82) is 0 Å². The van der Waals surface area contributed by atoms with E-state index in [4.69, 9.17) is 126 Å². The van der Waals surface area contributed by atoms with Gasteiger partial charge in [-0.2, -0.15) is 0 Å². The van der Waals surface area contributed by atoms with Crippen LogP contribution in [0.5, 0.6) is 0 Å². The molecule has 6 saturated heterocycles. The van der Waals surface area contributed by atoms with Crippen LogP contribution in [0.1, 0.15) is 140 Å². The minimum Gasteiger partial charge on any atom is -0.415 e. The van der Waals surface area contributed by atoms with Gasteiger partial charge >= 0.3 is 68.5 Å². The van der Waals surface area contributed by atoms with E-state index in [1.807, 2.05) is 0 Å². The highest BCUT2D eigenvalue weighted by atomic mass is 35.5. The van der Waals surface area contributed by atoms with E-state index in [9.17, 15) is 0 Å². The summed E-state index contributed by atoms with van der Waals surface area (Å²) in [6, 6.07) is 76.9. The van der Waals surface area contributed by atoms with Gasteiger partial charge in [-0.25, -0.2) is 0 Å². The van der Waals surface area contributed by atoms with Gasteiger partial charge < -0.3 is 32.9 Å². The fourth-order valence-corrected chi connectivity index (χ4v) is 91.0. The molecule has 8 aromatic carbocycles. The summed E-state index contributed by atoms with van der Waals surface area (Å²) in [7, 11) is -29.5. The topological polar surface area (TPSA) is 73.8 Å². The molecular formula is C84H104Cl8O8Si8. The quantitative estimate of drug-likeness (QED) is 0.0278. The molecule has 0 N–H and O–H groups in total. The first kappa shape index (κ1) is 83.4. The van der Waals surface area contributed by atoms with Gasteiger partial charge in [0, 0.05) is 69.7 Å². The Labute approximate surface area is 691 Å². The molecule has 6 fully saturated rings. The van der Waals surface area contributed by atoms with E-state index in [0.29, 0.717) is 69.7 Å². The predicted octanol–water partition coefficient (Wildman–Crippen LogP) is 24.9. The summed E-state index contributed by atoms with van der Waals surface area (Å²) in [5.41, 5.74) is 21.5. The highest BCUT2D eigenvalue weighted by Gasteiger charge is 2.78. The van der Waals surface area contributed by atoms with E-state index in [0.717, 1.165) is 196 Å². The van der Waals surface area contributed by atoms with Crippen LogP contribution in [0.4, 0.5) is 0 Å². The predicted molar refractivity (Wildman–Crippen MR) is 467 cm³/mol. The number of benzene rings is 8. The molecule has 8 aromatic rings. The SMILES string of the molecule is ClCc1ccc(CCC[Si]23C[Si]4(CCCc5ccc(CCl)cc5)O[Si]5(CCCc6ccc(CCl)cc6)C[Si]6(CCCc7ccc(CCl)cc7)O[Si](CCCc7ccc(CCl)cc7)(C[Si](CCCc7ccc(CCl)cc7)(O2)O5)O[Si](CCCc2ccc(CCl)cc2)(C[Si](CCCc2ccc(CCl)cc2)(O4)O6)O3)cc1. The molecule has 14 rings (SSSR count). The molecule has 0 unspecified atom stereocenters. The summed E-state index contributed by atoms with van der Waals surface area (Å²) in [6.07, 6.45) is 13.5. The molecule has 0 aromatic heterocycles. The summed E-state index contributed by atoms with van der Waals surface area (Å²) in [4.78, 5) is 0. The minimum absolute atomic E-state index is 0.465. The second-order valence-corrected chi connectivity index (χ2v) is 64.1. The van der Waals surface area contributed by atoms with Gasteiger partial charge in [0.25, 0.3) is 0 Å². The maximum absolute atomic E-state index is 9.16. The third-order valence-electron chi connectivity index (χ3n) is 22.7. The normalized spacial score (nSPS) is 25.7. The first-order valence-electron chi connectivity index (χ1n) is 39.3. The van der Waals surface area contributed by atoms with E-state index in [1.54, 1.807) is 0 Å². The first-order valence-corrected chi connectivity index (χ1v) is 61.4. The Balaban J connectivity index is 1.03. The summed E-state index contributed by atoms with van der Waals surface area (Å²) < 4.78 is 73.1. The van der Waals surface area contributed by atoms with Gasteiger partial charge in [-0.1, -0.05) is 194 Å². The zero-order valence-electron chi connectivity index (χ0n) is 62.2. The Morgan fingerprint density at radius 3 is 0.343 bits per heavy atom. The molecule has 576 valence electrons. The molecular weight excluding hydrogens is 1650 g/mol. The van der Waals surface area contributed by atoms with Crippen LogP contribution in [0.15, 0.2) is 194 Å². The van der Waals surface area contributed by atoms with E-state index >= 15 is 0 Å². The maximum Gasteiger partial charge on any atom is 0.322 e. The van der Waals surface area contributed by atoms with Crippen molar-refractivity contribution < 1.29 is 32.9 Å². The molecule has 8 nitrogen and oxygen atoms in total. The molecule has 0 aliphatic carbocycles. The number of hydrogen-bond acceptors (Lipinski definition) is 8. The van der Waals surface area contributed by atoms with Gasteiger partial charge in [0.2, 0.25) is 0 Å². The van der Waals surface area contributed by atoms with Crippen LogP contribution < -0.4 is 0 Å². The van der Waals surface area contributed by atoms with Crippen molar-refractivity contribution in [3.63, 3.8) is 0 Å². The Kier molecular flexibility index (Phi) is 30.1. The van der Waals surface area contributed by atoms with Crippen molar-refractivity contribution in [3.8, 4) is 0 Å². The van der Waals surface area contributed by atoms with E-state index in [2.05, 4.69) is 194 Å². The van der Waals surface area contributed by atoms with Crippen molar-refractivity contribution >= 4 is 161 Å². The lowest BCUT2D eigenvalue weighted by Crippen LogP contribution is -2.85. The third-order valence-corrected chi connectivity index (χ3v) is 75.2. The third kappa shape index (κ3) is 22.2. The van der Waals surface area contributed by atoms with Gasteiger partial charge in [-0.05, 0) is 240 Å². The van der Waals surface area contributed by atoms with Crippen LogP contribution >= 0.6 is 92.8 Å². The molecule has 0 atom stereocenters. The van der Waals surface area contributed by atoms with Gasteiger partial charge in [0.05, 0.1) is 0 Å². The van der Waals surface area contributed by atoms with Crippen molar-refractivity contribution in [3.05, 3.63) is 283 Å². The van der Waals surface area contributed by atoms with Crippen LogP contribution in [-0.4, -0.2) is 68.5 Å². The molecule has 108 heavy (non-hydrogen) atoms. The van der Waals surface area contributed by atoms with Crippen LogP contribution in [0.2, 0.25) is 71.0 Å². The second kappa shape index (κ2) is 39.0. The summed E-state index contributed by atoms with van der Waals surface area (Å²) in [5.74, 6) is 3.72. The average Bonchev–Trinajstić information content (AvgIpc) is 0.686. The van der Waals surface area contributed by atoms with Crippen LogP contribution in [0.3, 0.4) is 0 Å². The first-order chi connectivity index (χ1) is 52.6. The number of hydrogen-bond donors (Lipinski definition) is 0. The summed E-state index contributed by atoms with van der Waals surface area (Å²) >= 11 is 51.8. The van der Waals surface area contributed by atoms with Gasteiger partial charge in [0.1, 0.15) is 0 Å². The maximum atomic E-state index is 9.16. The molecule has 0 radical (unpaired) electrons. The van der Waals surface area contributed by atoms with E-state index in [1.165, 1.54) is 44.5 Å². The van der Waals surface area contributed by atoms with Crippen LogP contribution in [0, 0.1) is 0 Å². The smallest absolute Gasteiger partial charge is 0.322 e. The lowest BCUT2D eigenvalue weighted by Gasteiger charge is -2.66. The fourth-order valence-electron chi connectivity index (χ4n) is 17.5. The molecule has 24 heteroatoms. The van der Waals surface area contributed by atoms with Crippen molar-refractivity contribution in [2.24, 2.45) is 0 Å². The van der Waals surface area contributed by atoms with Crippen molar-refractivity contribution in [2.75, 3.05) is 0 Å². The lowest BCUT2D eigenvalue weighted by molar-refractivity contribution is 0.162. The van der Waals surface area contributed by atoms with Crippen LogP contribution in [0.25, 0.3) is 0 Å². The number of alkyl halides is 8. The lowest BCUT2D eigenvalue weighted by atomic mass is 10.1. The van der Waals surface area contributed by atoms with Gasteiger partial charge in [-0.15, -0.1) is 92.8 Å². The highest BCUT2D eigenvalue weighted by Crippen LogP contribution is 2.59. The van der Waals surface area contributed by atoms with Crippen molar-refractivity contribution in [2.45, 2.75) is 221 Å². The molecule has 0 spiro atoms. The Morgan fingerprint density at radius 2 is 0.250 bits per heavy atom. The van der Waals surface area contributed by atoms with E-state index in [-0.39, 0.29) is 0 Å². The second-order valence-electron chi connectivity index (χ2n) is 31.2. The van der Waals surface area contributed by atoms with Gasteiger partial charge in [-0.3, -0.25) is 0 Å². The zero-order chi connectivity index (χ0) is 75.0. The molecule has 6 aliphatic rings. The molecule has 6 aliphatic heterocycles. The molecule has 6 heterocycles. The molecule has 8 bridgehead atoms. The standard InChI is InChI=1S/C84H104Cl8O8Si8/c85-57-77-33-17-69(18-34-77)9-1-49-101-65-102(50-2-10-70-19-35-78(58-86)36-20-70)94-105(53-5-13-73-25-41-81(61-89)42-26-73)66-103(93-101,51-3-11-71-21-37-79(59-87)38-22-71)99-106(54-6-14-74-27-43-82(62-90)44-28-74)67-104(97-101,52-4-12-72-23-39-80(60-88)40-24-72)95-107(98-102,55-7-15-75-29-45-83(63-91)46-30-75)68-108(96-106,100-105)56-8-16-76-31-47-84(64-92)48-32-76/h17-48H,1-16,49-68H2. The van der Waals surface area contributed by atoms with Crippen LogP contribution in [-0.2, 0) is 131 Å². The number of halogens is 8. The monoisotopic (exact) mass is 1740 g/mol. The number of aryl methyl sites for hydroxylation is 8.